The predicted octanol–water partition coefficient (Wildman–Crippen LogP) is 6.74. The van der Waals surface area contributed by atoms with Gasteiger partial charge >= 0.3 is 12.2 Å². The molecule has 35 heavy (non-hydrogen) atoms. The van der Waals surface area contributed by atoms with Crippen LogP contribution in [0.4, 0.5) is 16.2 Å². The molecule has 4 aromatic rings. The van der Waals surface area contributed by atoms with Crippen LogP contribution in [0, 0.1) is 5.92 Å². The van der Waals surface area contributed by atoms with Gasteiger partial charge in [0.25, 0.3) is 0 Å². The van der Waals surface area contributed by atoms with E-state index in [1.54, 1.807) is 6.20 Å². The molecule has 8 heteroatoms. The van der Waals surface area contributed by atoms with Crippen molar-refractivity contribution in [1.29, 1.82) is 0 Å². The standard InChI is InChI=1S/C27H28N4O4/c1-16(17-5-6-17)34-26(32)30-19-9-7-18(8-10-19)25-24(28)22-12-11-21(35-27-29-13-14-33-27)15-23(22)31(25)20-3-2-4-20/h7-17,20H,2-6,28H2,1H3,(H,30,32). The largest absolute Gasteiger partial charge is 0.446 e. The fraction of sp³-hybridized carbons (Fsp3) is 0.333. The third-order valence-corrected chi connectivity index (χ3v) is 7.05. The van der Waals surface area contributed by atoms with Gasteiger partial charge in [-0.15, -0.1) is 0 Å². The minimum absolute atomic E-state index is 0.0512. The zero-order valence-electron chi connectivity index (χ0n) is 19.6. The smallest absolute Gasteiger partial charge is 0.411 e. The van der Waals surface area contributed by atoms with E-state index in [1.165, 1.54) is 12.7 Å². The van der Waals surface area contributed by atoms with Gasteiger partial charge in [0.1, 0.15) is 18.1 Å². The maximum Gasteiger partial charge on any atom is 0.411 e. The molecule has 1 atom stereocenters. The SMILES string of the molecule is CC(OC(=O)Nc1ccc(-c2c(N)c3ccc(Oc4ncco4)cc3n2C2CCC2)cc1)C1CC1. The first-order valence-electron chi connectivity index (χ1n) is 12.2. The van der Waals surface area contributed by atoms with Crippen LogP contribution in [0.25, 0.3) is 22.2 Å². The van der Waals surface area contributed by atoms with Gasteiger partial charge < -0.3 is 24.2 Å². The first-order valence-corrected chi connectivity index (χ1v) is 12.2. The molecule has 2 aliphatic carbocycles. The zero-order valence-corrected chi connectivity index (χ0v) is 19.6. The van der Waals surface area contributed by atoms with E-state index in [9.17, 15) is 4.79 Å². The number of ether oxygens (including phenoxy) is 2. The molecule has 0 aliphatic heterocycles. The Labute approximate surface area is 203 Å². The van der Waals surface area contributed by atoms with Gasteiger partial charge in [-0.3, -0.25) is 5.32 Å². The normalized spacial score (nSPS) is 16.6. The molecule has 2 aromatic carbocycles. The second-order valence-electron chi connectivity index (χ2n) is 9.45. The van der Waals surface area contributed by atoms with E-state index in [2.05, 4.69) is 14.9 Å². The van der Waals surface area contributed by atoms with Crippen LogP contribution in [0.15, 0.2) is 59.3 Å². The van der Waals surface area contributed by atoms with Gasteiger partial charge in [0, 0.05) is 28.7 Å². The lowest BCUT2D eigenvalue weighted by Gasteiger charge is -2.30. The zero-order chi connectivity index (χ0) is 23.9. The Balaban J connectivity index is 1.30. The van der Waals surface area contributed by atoms with Crippen LogP contribution in [-0.4, -0.2) is 21.7 Å². The van der Waals surface area contributed by atoms with Crippen LogP contribution in [0.3, 0.4) is 0 Å². The number of nitrogen functional groups attached to an aromatic ring is 1. The third kappa shape index (κ3) is 4.20. The number of aromatic nitrogens is 2. The molecule has 0 spiro atoms. The molecule has 1 unspecified atom stereocenters. The molecule has 3 N–H and O–H groups in total. The van der Waals surface area contributed by atoms with Crippen molar-refractivity contribution >= 4 is 28.4 Å². The summed E-state index contributed by atoms with van der Waals surface area (Å²) in [4.78, 5) is 16.3. The van der Waals surface area contributed by atoms with Gasteiger partial charge in [-0.05, 0) is 69.2 Å². The van der Waals surface area contributed by atoms with Crippen LogP contribution < -0.4 is 15.8 Å². The molecule has 0 radical (unpaired) electrons. The van der Waals surface area contributed by atoms with E-state index in [0.717, 1.165) is 53.5 Å². The molecule has 2 aliphatic rings. The van der Waals surface area contributed by atoms with Gasteiger partial charge in [-0.1, -0.05) is 12.1 Å². The van der Waals surface area contributed by atoms with Gasteiger partial charge in [-0.25, -0.2) is 4.79 Å². The second-order valence-corrected chi connectivity index (χ2v) is 9.45. The topological polar surface area (TPSA) is 105 Å². The van der Waals surface area contributed by atoms with Gasteiger partial charge in [0.15, 0.2) is 0 Å². The molecule has 1 amide bonds. The summed E-state index contributed by atoms with van der Waals surface area (Å²) < 4.78 is 18.8. The van der Waals surface area contributed by atoms with Crippen LogP contribution in [0.2, 0.25) is 0 Å². The maximum absolute atomic E-state index is 12.2. The highest BCUT2D eigenvalue weighted by Crippen LogP contribution is 2.45. The highest BCUT2D eigenvalue weighted by atomic mass is 16.6. The van der Waals surface area contributed by atoms with Crippen molar-refractivity contribution in [2.45, 2.75) is 51.2 Å². The lowest BCUT2D eigenvalue weighted by atomic mass is 9.92. The molecule has 0 saturated heterocycles. The average Bonchev–Trinajstić information content (AvgIpc) is 3.48. The van der Waals surface area contributed by atoms with Crippen molar-refractivity contribution in [3.63, 3.8) is 0 Å². The Morgan fingerprint density at radius 2 is 1.97 bits per heavy atom. The van der Waals surface area contributed by atoms with Crippen molar-refractivity contribution in [2.75, 3.05) is 11.1 Å². The van der Waals surface area contributed by atoms with Gasteiger partial charge in [0.05, 0.1) is 23.1 Å². The number of carbonyl (C=O) groups is 1. The van der Waals surface area contributed by atoms with E-state index in [1.807, 2.05) is 49.4 Å². The molecular weight excluding hydrogens is 444 g/mol. The van der Waals surface area contributed by atoms with Crippen molar-refractivity contribution in [2.24, 2.45) is 5.92 Å². The number of oxazole rings is 1. The summed E-state index contributed by atoms with van der Waals surface area (Å²) in [6.45, 7) is 1.95. The molecule has 2 aromatic heterocycles. The van der Waals surface area contributed by atoms with Crippen LogP contribution in [-0.2, 0) is 4.74 Å². The van der Waals surface area contributed by atoms with Crippen molar-refractivity contribution in [3.8, 4) is 23.1 Å². The summed E-state index contributed by atoms with van der Waals surface area (Å²) in [7, 11) is 0. The number of anilines is 2. The van der Waals surface area contributed by atoms with E-state index < -0.39 is 6.09 Å². The number of fused-ring (bicyclic) bond motifs is 1. The summed E-state index contributed by atoms with van der Waals surface area (Å²) in [5.41, 5.74) is 11.1. The lowest BCUT2D eigenvalue weighted by molar-refractivity contribution is 0.108. The van der Waals surface area contributed by atoms with Crippen molar-refractivity contribution < 1.29 is 18.7 Å². The highest BCUT2D eigenvalue weighted by Gasteiger charge is 2.31. The van der Waals surface area contributed by atoms with Crippen molar-refractivity contribution in [3.05, 3.63) is 54.9 Å². The number of nitrogens with two attached hydrogens (primary N) is 1. The maximum atomic E-state index is 12.2. The van der Waals surface area contributed by atoms with Gasteiger partial charge in [0.2, 0.25) is 0 Å². The first-order chi connectivity index (χ1) is 17.1. The van der Waals surface area contributed by atoms with Crippen LogP contribution in [0.5, 0.6) is 11.8 Å². The Morgan fingerprint density at radius 3 is 2.63 bits per heavy atom. The number of carbonyl (C=O) groups excluding carboxylic acids is 1. The minimum Gasteiger partial charge on any atom is -0.446 e. The number of nitrogens with zero attached hydrogens (tertiary/aromatic N) is 2. The molecule has 8 nitrogen and oxygen atoms in total. The van der Waals surface area contributed by atoms with E-state index in [0.29, 0.717) is 23.4 Å². The number of benzene rings is 2. The molecule has 2 saturated carbocycles. The fourth-order valence-corrected chi connectivity index (χ4v) is 4.75. The summed E-state index contributed by atoms with van der Waals surface area (Å²) in [6.07, 6.45) is 8.42. The average molecular weight is 473 g/mol. The van der Waals surface area contributed by atoms with Gasteiger partial charge in [-0.2, -0.15) is 4.98 Å². The number of rotatable bonds is 7. The van der Waals surface area contributed by atoms with E-state index in [4.69, 9.17) is 19.6 Å². The molecule has 0 bridgehead atoms. The molecule has 180 valence electrons. The highest BCUT2D eigenvalue weighted by molar-refractivity contribution is 6.01. The molecule has 2 fully saturated rings. The third-order valence-electron chi connectivity index (χ3n) is 7.05. The quantitative estimate of drug-likeness (QED) is 0.308. The number of nitrogens with one attached hydrogen (secondary N) is 1. The monoisotopic (exact) mass is 472 g/mol. The molecular formula is C27H28N4O4. The number of hydrogen-bond donors (Lipinski definition) is 2. The second kappa shape index (κ2) is 8.69. The molecule has 2 heterocycles. The lowest BCUT2D eigenvalue weighted by Crippen LogP contribution is -2.21. The van der Waals surface area contributed by atoms with Crippen LogP contribution in [0.1, 0.15) is 45.1 Å². The Kier molecular flexibility index (Phi) is 5.36. The minimum atomic E-state index is -0.418. The first kappa shape index (κ1) is 21.6. The van der Waals surface area contributed by atoms with Crippen LogP contribution >= 0.6 is 0 Å². The Hall–Kier alpha value is -3.94. The van der Waals surface area contributed by atoms with E-state index >= 15 is 0 Å². The Morgan fingerprint density at radius 1 is 1.17 bits per heavy atom. The molecule has 6 rings (SSSR count). The summed E-state index contributed by atoms with van der Waals surface area (Å²) >= 11 is 0. The van der Waals surface area contributed by atoms with E-state index in [-0.39, 0.29) is 12.2 Å². The number of amides is 1. The summed E-state index contributed by atoms with van der Waals surface area (Å²) in [6, 6.07) is 14.0. The summed E-state index contributed by atoms with van der Waals surface area (Å²) in [5.74, 6) is 1.14. The number of hydrogen-bond acceptors (Lipinski definition) is 6. The fourth-order valence-electron chi connectivity index (χ4n) is 4.75. The summed E-state index contributed by atoms with van der Waals surface area (Å²) in [5, 5.41) is 3.81. The Bertz CT molecular complexity index is 1350. The predicted molar refractivity (Wildman–Crippen MR) is 134 cm³/mol. The van der Waals surface area contributed by atoms with Crippen molar-refractivity contribution in [1.82, 2.24) is 9.55 Å².